The van der Waals surface area contributed by atoms with Crippen molar-refractivity contribution in [3.8, 4) is 0 Å². The predicted molar refractivity (Wildman–Crippen MR) is 87.6 cm³/mol. The van der Waals surface area contributed by atoms with Crippen LogP contribution in [0.15, 0.2) is 21.3 Å². The summed E-state index contributed by atoms with van der Waals surface area (Å²) >= 11 is 5.19. The summed E-state index contributed by atoms with van der Waals surface area (Å²) in [6.07, 6.45) is 2.18. The zero-order valence-electron chi connectivity index (χ0n) is 12.1. The average molecular weight is 368 g/mol. The number of hydrogen-bond acceptors (Lipinski definition) is 3. The van der Waals surface area contributed by atoms with E-state index in [-0.39, 0.29) is 5.91 Å². The smallest absolute Gasteiger partial charge is 0.276 e. The van der Waals surface area contributed by atoms with Crippen LogP contribution in [0.5, 0.6) is 0 Å². The van der Waals surface area contributed by atoms with E-state index in [1.807, 2.05) is 10.3 Å². The van der Waals surface area contributed by atoms with E-state index < -0.39 is 0 Å². The van der Waals surface area contributed by atoms with E-state index in [0.717, 1.165) is 23.0 Å². The maximum atomic E-state index is 12.8. The molecule has 0 aromatic carbocycles. The van der Waals surface area contributed by atoms with Crippen molar-refractivity contribution in [3.05, 3.63) is 38.3 Å². The molecule has 0 aliphatic heterocycles. The summed E-state index contributed by atoms with van der Waals surface area (Å²) in [4.78, 5) is 14.8. The number of aromatic nitrogens is 2. The number of nitrogens with one attached hydrogen (secondary N) is 1. The molecule has 2 aromatic rings. The molecule has 6 heteroatoms. The number of carbonyl (C=O) groups is 1. The topological polar surface area (TPSA) is 49.0 Å². The van der Waals surface area contributed by atoms with Gasteiger partial charge in [-0.3, -0.25) is 9.89 Å². The molecule has 3 rings (SSSR count). The fourth-order valence-corrected chi connectivity index (χ4v) is 3.80. The summed E-state index contributed by atoms with van der Waals surface area (Å²) in [7, 11) is 0. The van der Waals surface area contributed by atoms with Crippen molar-refractivity contribution in [3.63, 3.8) is 0 Å². The monoisotopic (exact) mass is 367 g/mol. The normalized spacial score (nSPS) is 14.7. The van der Waals surface area contributed by atoms with Gasteiger partial charge >= 0.3 is 0 Å². The molecule has 0 radical (unpaired) electrons. The van der Waals surface area contributed by atoms with Crippen LogP contribution in [0.4, 0.5) is 0 Å². The molecule has 0 saturated heterocycles. The molecule has 0 bridgehead atoms. The molecule has 2 aromatic heterocycles. The Morgan fingerprint density at radius 3 is 2.86 bits per heavy atom. The first-order chi connectivity index (χ1) is 10.1. The summed E-state index contributed by atoms with van der Waals surface area (Å²) in [5.74, 6) is 0.318. The first-order valence-corrected chi connectivity index (χ1v) is 8.87. The highest BCUT2D eigenvalue weighted by Gasteiger charge is 2.35. The van der Waals surface area contributed by atoms with Crippen LogP contribution in [0.25, 0.3) is 0 Å². The average Bonchev–Trinajstić information content (AvgIpc) is 3.01. The molecule has 4 nitrogen and oxygen atoms in total. The number of H-pyrrole nitrogens is 1. The van der Waals surface area contributed by atoms with Gasteiger partial charge in [0, 0.05) is 12.6 Å². The van der Waals surface area contributed by atoms with Crippen molar-refractivity contribution in [2.75, 3.05) is 0 Å². The fraction of sp³-hybridized carbons (Fsp3) is 0.467. The van der Waals surface area contributed by atoms with Crippen LogP contribution >= 0.6 is 27.3 Å². The second-order valence-corrected chi connectivity index (χ2v) is 7.32. The van der Waals surface area contributed by atoms with E-state index >= 15 is 0 Å². The molecular weight excluding hydrogens is 350 g/mol. The zero-order valence-corrected chi connectivity index (χ0v) is 14.5. The van der Waals surface area contributed by atoms with Crippen LogP contribution in [0, 0.1) is 0 Å². The molecule has 1 amide bonds. The molecule has 1 saturated carbocycles. The van der Waals surface area contributed by atoms with Gasteiger partial charge in [0.2, 0.25) is 0 Å². The van der Waals surface area contributed by atoms with Crippen LogP contribution in [0.3, 0.4) is 0 Å². The third-order valence-electron chi connectivity index (χ3n) is 3.69. The Balaban J connectivity index is 1.84. The lowest BCUT2D eigenvalue weighted by atomic mass is 10.1. The van der Waals surface area contributed by atoms with Gasteiger partial charge in [0.15, 0.2) is 5.69 Å². The molecule has 0 unspecified atom stereocenters. The van der Waals surface area contributed by atoms with Gasteiger partial charge in [0.25, 0.3) is 5.91 Å². The van der Waals surface area contributed by atoms with Gasteiger partial charge in [-0.15, -0.1) is 0 Å². The molecule has 0 spiro atoms. The lowest BCUT2D eigenvalue weighted by Crippen LogP contribution is -2.33. The van der Waals surface area contributed by atoms with Crippen molar-refractivity contribution >= 4 is 33.2 Å². The number of nitrogens with zero attached hydrogens (tertiary/aromatic N) is 2. The lowest BCUT2D eigenvalue weighted by molar-refractivity contribution is 0.0723. The number of aromatic amines is 1. The van der Waals surface area contributed by atoms with Gasteiger partial charge in [-0.05, 0) is 57.1 Å². The molecule has 0 atom stereocenters. The van der Waals surface area contributed by atoms with Gasteiger partial charge in [-0.1, -0.05) is 13.8 Å². The lowest BCUT2D eigenvalue weighted by Gasteiger charge is -2.21. The summed E-state index contributed by atoms with van der Waals surface area (Å²) in [5.41, 5.74) is 2.67. The second kappa shape index (κ2) is 5.93. The maximum absolute atomic E-state index is 12.8. The Morgan fingerprint density at radius 1 is 1.57 bits per heavy atom. The highest BCUT2D eigenvalue weighted by Crippen LogP contribution is 2.32. The minimum Gasteiger partial charge on any atom is -0.330 e. The van der Waals surface area contributed by atoms with Crippen LogP contribution in [-0.4, -0.2) is 27.0 Å². The van der Waals surface area contributed by atoms with Crippen molar-refractivity contribution < 1.29 is 4.79 Å². The highest BCUT2D eigenvalue weighted by atomic mass is 79.9. The first-order valence-electron chi connectivity index (χ1n) is 7.13. The molecule has 1 aliphatic carbocycles. The third kappa shape index (κ3) is 3.06. The van der Waals surface area contributed by atoms with Crippen molar-refractivity contribution in [2.24, 2.45) is 0 Å². The van der Waals surface area contributed by atoms with Crippen LogP contribution in [-0.2, 0) is 6.54 Å². The quantitative estimate of drug-likeness (QED) is 0.862. The number of rotatable bonds is 5. The van der Waals surface area contributed by atoms with E-state index in [9.17, 15) is 4.79 Å². The van der Waals surface area contributed by atoms with E-state index in [0.29, 0.717) is 24.2 Å². The molecule has 21 heavy (non-hydrogen) atoms. The van der Waals surface area contributed by atoms with Crippen molar-refractivity contribution in [2.45, 2.75) is 45.2 Å². The number of amides is 1. The Hall–Kier alpha value is -1.14. The van der Waals surface area contributed by atoms with Crippen molar-refractivity contribution in [1.29, 1.82) is 0 Å². The maximum Gasteiger partial charge on any atom is 0.276 e. The minimum absolute atomic E-state index is 0.0127. The molecule has 2 heterocycles. The Kier molecular flexibility index (Phi) is 4.17. The number of hydrogen-bond donors (Lipinski definition) is 1. The SMILES string of the molecule is CC(C)c1[nH]nc(C(=O)N(Cc2ccsc2)C2CC2)c1Br. The molecule has 1 aliphatic rings. The summed E-state index contributed by atoms with van der Waals surface area (Å²) in [5, 5.41) is 11.4. The van der Waals surface area contributed by atoms with E-state index in [1.54, 1.807) is 11.3 Å². The Morgan fingerprint density at radius 2 is 2.33 bits per heavy atom. The van der Waals surface area contributed by atoms with Gasteiger partial charge in [-0.2, -0.15) is 16.4 Å². The highest BCUT2D eigenvalue weighted by molar-refractivity contribution is 9.10. The van der Waals surface area contributed by atoms with Crippen LogP contribution in [0.1, 0.15) is 54.4 Å². The van der Waals surface area contributed by atoms with E-state index in [2.05, 4.69) is 51.4 Å². The molecule has 112 valence electrons. The Bertz CT molecular complexity index is 631. The molecule has 1 fully saturated rings. The number of halogens is 1. The molecular formula is C15H18BrN3OS. The van der Waals surface area contributed by atoms with Crippen molar-refractivity contribution in [1.82, 2.24) is 15.1 Å². The summed E-state index contributed by atoms with van der Waals surface area (Å²) < 4.78 is 0.804. The molecule has 1 N–H and O–H groups in total. The van der Waals surface area contributed by atoms with E-state index in [4.69, 9.17) is 0 Å². The van der Waals surface area contributed by atoms with Crippen LogP contribution in [0.2, 0.25) is 0 Å². The Labute approximate surface area is 136 Å². The standard InChI is InChI=1S/C15H18BrN3OS/c1-9(2)13-12(16)14(18-17-13)15(20)19(11-3-4-11)7-10-5-6-21-8-10/h5-6,8-9,11H,3-4,7H2,1-2H3,(H,17,18). The fourth-order valence-electron chi connectivity index (χ4n) is 2.33. The second-order valence-electron chi connectivity index (χ2n) is 5.75. The predicted octanol–water partition coefficient (Wildman–Crippen LogP) is 4.16. The van der Waals surface area contributed by atoms with Crippen LogP contribution < -0.4 is 0 Å². The largest absolute Gasteiger partial charge is 0.330 e. The zero-order chi connectivity index (χ0) is 15.0. The minimum atomic E-state index is 0.0127. The summed E-state index contributed by atoms with van der Waals surface area (Å²) in [6.45, 7) is 4.83. The first kappa shape index (κ1) is 14.8. The van der Waals surface area contributed by atoms with Gasteiger partial charge in [0.1, 0.15) is 0 Å². The third-order valence-corrected chi connectivity index (χ3v) is 5.23. The van der Waals surface area contributed by atoms with Gasteiger partial charge in [-0.25, -0.2) is 0 Å². The number of thiophene rings is 1. The number of carbonyl (C=O) groups excluding carboxylic acids is 1. The summed E-state index contributed by atoms with van der Waals surface area (Å²) in [6, 6.07) is 2.44. The van der Waals surface area contributed by atoms with E-state index in [1.165, 1.54) is 5.56 Å². The van der Waals surface area contributed by atoms with Gasteiger partial charge < -0.3 is 4.90 Å². The van der Waals surface area contributed by atoms with Gasteiger partial charge in [0.05, 0.1) is 10.2 Å².